The molecule has 4 N–H and O–H groups in total. The second-order valence-corrected chi connectivity index (χ2v) is 5.17. The largest absolute Gasteiger partial charge is 0.597 e. The van der Waals surface area contributed by atoms with E-state index in [1.807, 2.05) is 48.5 Å². The minimum atomic E-state index is 0. The molecule has 2 aromatic rings. The third-order valence-electron chi connectivity index (χ3n) is 2.64. The van der Waals surface area contributed by atoms with E-state index in [9.17, 15) is 5.21 Å². The highest BCUT2D eigenvalue weighted by Gasteiger charge is 2.02. The van der Waals surface area contributed by atoms with Crippen LogP contribution in [0.25, 0.3) is 0 Å². The summed E-state index contributed by atoms with van der Waals surface area (Å²) in [6.07, 6.45) is 0. The van der Waals surface area contributed by atoms with Crippen molar-refractivity contribution >= 4 is 11.8 Å². The van der Waals surface area contributed by atoms with Gasteiger partial charge in [-0.25, -0.2) is 0 Å². The molecule has 2 aromatic carbocycles. The van der Waals surface area contributed by atoms with Crippen LogP contribution in [-0.4, -0.2) is 17.2 Å². The van der Waals surface area contributed by atoms with E-state index in [-0.39, 0.29) is 17.6 Å². The molecule has 0 aliphatic carbocycles. The van der Waals surface area contributed by atoms with Gasteiger partial charge in [0.15, 0.2) is 5.28 Å². The number of benzene rings is 2. The van der Waals surface area contributed by atoms with E-state index >= 15 is 0 Å². The highest BCUT2D eigenvalue weighted by Crippen LogP contribution is 2.29. The van der Waals surface area contributed by atoms with Crippen molar-refractivity contribution in [3.8, 4) is 5.75 Å². The van der Waals surface area contributed by atoms with Crippen LogP contribution < -0.4 is 10.9 Å². The molecule has 0 aliphatic rings. The first-order valence-electron chi connectivity index (χ1n) is 5.92. The molecule has 0 saturated heterocycles. The zero-order chi connectivity index (χ0) is 14.4. The maximum atomic E-state index is 10.9. The van der Waals surface area contributed by atoms with Gasteiger partial charge in [-0.15, -0.1) is 0 Å². The Balaban J connectivity index is 0.00000220. The Morgan fingerprint density at radius 2 is 1.62 bits per heavy atom. The van der Waals surface area contributed by atoms with E-state index in [2.05, 4.69) is 5.28 Å². The van der Waals surface area contributed by atoms with Gasteiger partial charge in [0, 0.05) is 15.4 Å². The van der Waals surface area contributed by atoms with Crippen molar-refractivity contribution in [2.24, 2.45) is 5.28 Å². The Kier molecular flexibility index (Phi) is 6.51. The average molecular weight is 307 g/mol. The van der Waals surface area contributed by atoms with Gasteiger partial charge < -0.3 is 21.3 Å². The molecule has 0 bridgehead atoms. The van der Waals surface area contributed by atoms with Gasteiger partial charge in [0.2, 0.25) is 6.54 Å². The Hall–Kier alpha value is -2.25. The number of ether oxygens (including phenoxy) is 1. The first-order chi connectivity index (χ1) is 9.71. The summed E-state index contributed by atoms with van der Waals surface area (Å²) >= 11 is 1.62. The topological polar surface area (TPSA) is 103 Å². The Labute approximate surface area is 127 Å². The first-order valence-corrected chi connectivity index (χ1v) is 6.73. The van der Waals surface area contributed by atoms with Gasteiger partial charge in [0.1, 0.15) is 5.75 Å². The second-order valence-electron chi connectivity index (χ2n) is 4.02. The van der Waals surface area contributed by atoms with E-state index in [1.165, 1.54) is 0 Å². The monoisotopic (exact) mass is 307 g/mol. The van der Waals surface area contributed by atoms with Crippen LogP contribution in [0.5, 0.6) is 5.75 Å². The third kappa shape index (κ3) is 4.97. The predicted octanol–water partition coefficient (Wildman–Crippen LogP) is 3.86. The molecule has 0 aromatic heterocycles. The van der Waals surface area contributed by atoms with Crippen LogP contribution in [0.4, 0.5) is 0 Å². The molecule has 0 saturated carbocycles. The van der Waals surface area contributed by atoms with Gasteiger partial charge in [-0.3, -0.25) is 0 Å². The fourth-order valence-corrected chi connectivity index (χ4v) is 2.45. The maximum Gasteiger partial charge on any atom is 0.209 e. The van der Waals surface area contributed by atoms with Gasteiger partial charge in [-0.1, -0.05) is 28.8 Å². The first kappa shape index (κ1) is 16.8. The highest BCUT2D eigenvalue weighted by molar-refractivity contribution is 7.99. The zero-order valence-electron chi connectivity index (χ0n) is 11.6. The number of hydrogen-bond acceptors (Lipinski definition) is 5. The quantitative estimate of drug-likeness (QED) is 0.496. The van der Waals surface area contributed by atoms with Crippen LogP contribution >= 0.6 is 11.8 Å². The van der Waals surface area contributed by atoms with Crippen LogP contribution in [0.1, 0.15) is 5.56 Å². The predicted molar refractivity (Wildman–Crippen MR) is 80.1 cm³/mol. The molecule has 0 radical (unpaired) electrons. The summed E-state index contributed by atoms with van der Waals surface area (Å²) in [6, 6.07) is 15.3. The summed E-state index contributed by atoms with van der Waals surface area (Å²) in [6.45, 7) is 0.0317. The Bertz CT molecular complexity index is 585. The standard InChI is InChI=1S/C14H14N2O3S.H3N/c1-19-12-4-8-14(9-5-12)20-13-6-2-11(3-7-13)10-16(18)15-17;/h2-9,17H,10H2,1H3;1H3. The van der Waals surface area contributed by atoms with Crippen LogP contribution in [0.15, 0.2) is 63.6 Å². The third-order valence-corrected chi connectivity index (χ3v) is 3.65. The van der Waals surface area contributed by atoms with Crippen LogP contribution in [0.3, 0.4) is 0 Å². The lowest BCUT2D eigenvalue weighted by molar-refractivity contribution is -0.570. The molecule has 0 atom stereocenters. The van der Waals surface area contributed by atoms with Gasteiger partial charge in [-0.2, -0.15) is 0 Å². The van der Waals surface area contributed by atoms with Gasteiger partial charge >= 0.3 is 0 Å². The summed E-state index contributed by atoms with van der Waals surface area (Å²) in [5, 5.41) is 21.8. The summed E-state index contributed by atoms with van der Waals surface area (Å²) in [7, 11) is 1.64. The van der Waals surface area contributed by atoms with Crippen molar-refractivity contribution in [3.63, 3.8) is 0 Å². The number of rotatable bonds is 5. The molecule has 2 rings (SSSR count). The molecule has 0 unspecified atom stereocenters. The molecule has 7 heteroatoms. The Morgan fingerprint density at radius 1 is 1.10 bits per heavy atom. The van der Waals surface area contributed by atoms with Crippen LogP contribution in [0, 0.1) is 5.21 Å². The lowest BCUT2D eigenvalue weighted by Gasteiger charge is -2.04. The van der Waals surface area contributed by atoms with Crippen molar-refractivity contribution in [3.05, 3.63) is 59.3 Å². The molecular weight excluding hydrogens is 290 g/mol. The summed E-state index contributed by atoms with van der Waals surface area (Å²) < 4.78 is 5.11. The molecular formula is C14H17N3O3S. The van der Waals surface area contributed by atoms with E-state index in [4.69, 9.17) is 9.94 Å². The van der Waals surface area contributed by atoms with Gasteiger partial charge in [-0.05, 0) is 36.4 Å². The van der Waals surface area contributed by atoms with Crippen molar-refractivity contribution in [2.45, 2.75) is 16.3 Å². The summed E-state index contributed by atoms with van der Waals surface area (Å²) in [5.74, 6) is 0.827. The molecule has 112 valence electrons. The molecule has 0 fully saturated rings. The summed E-state index contributed by atoms with van der Waals surface area (Å²) in [4.78, 5) is 2.40. The van der Waals surface area contributed by atoms with Gasteiger partial charge in [0.05, 0.1) is 7.11 Å². The van der Waals surface area contributed by atoms with Gasteiger partial charge in [0.25, 0.3) is 0 Å². The van der Waals surface area contributed by atoms with Crippen molar-refractivity contribution in [1.82, 2.24) is 6.15 Å². The van der Waals surface area contributed by atoms with Crippen LogP contribution in [-0.2, 0) is 6.54 Å². The molecule has 6 nitrogen and oxygen atoms in total. The Morgan fingerprint density at radius 3 is 2.10 bits per heavy atom. The van der Waals surface area contributed by atoms with E-state index in [0.29, 0.717) is 0 Å². The zero-order valence-corrected chi connectivity index (χ0v) is 12.4. The SMILES string of the molecule is COc1ccc(Sc2ccc(C[N+]([O-])=NO)cc2)cc1.N. The number of hydroxylamine groups is 1. The lowest BCUT2D eigenvalue weighted by atomic mass is 10.2. The van der Waals surface area contributed by atoms with E-state index in [1.54, 1.807) is 18.9 Å². The van der Waals surface area contributed by atoms with E-state index in [0.717, 1.165) is 21.1 Å². The molecule has 0 spiro atoms. The summed E-state index contributed by atoms with van der Waals surface area (Å²) in [5.41, 5.74) is 0.789. The van der Waals surface area contributed by atoms with Crippen molar-refractivity contribution < 1.29 is 14.8 Å². The fraction of sp³-hybridized carbons (Fsp3) is 0.143. The van der Waals surface area contributed by atoms with Crippen molar-refractivity contribution in [1.29, 1.82) is 0 Å². The minimum Gasteiger partial charge on any atom is -0.597 e. The highest BCUT2D eigenvalue weighted by atomic mass is 32.2. The molecule has 0 amide bonds. The smallest absolute Gasteiger partial charge is 0.209 e. The van der Waals surface area contributed by atoms with E-state index < -0.39 is 0 Å². The minimum absolute atomic E-state index is 0. The number of methoxy groups -OCH3 is 1. The number of nitrogens with zero attached hydrogens (tertiary/aromatic N) is 2. The second kappa shape index (κ2) is 8.13. The van der Waals surface area contributed by atoms with Crippen molar-refractivity contribution in [2.75, 3.05) is 7.11 Å². The average Bonchev–Trinajstić information content (AvgIpc) is 2.50. The maximum absolute atomic E-state index is 10.9. The molecule has 0 heterocycles. The van der Waals surface area contributed by atoms with Crippen LogP contribution in [0.2, 0.25) is 0 Å². The molecule has 21 heavy (non-hydrogen) atoms. The normalized spacial score (nSPS) is 10.8. The fourth-order valence-electron chi connectivity index (χ4n) is 1.63. The lowest BCUT2D eigenvalue weighted by Crippen LogP contribution is -1.99. The number of hydrogen-bond donors (Lipinski definition) is 2. The molecule has 0 aliphatic heterocycles.